The Labute approximate surface area is 158 Å². The minimum Gasteiger partial charge on any atom is -0.508 e. The van der Waals surface area contributed by atoms with Crippen molar-refractivity contribution in [3.63, 3.8) is 0 Å². The Morgan fingerprint density at radius 1 is 1.19 bits per heavy atom. The molecule has 2 aromatic heterocycles. The highest BCUT2D eigenvalue weighted by Crippen LogP contribution is 2.27. The zero-order valence-corrected chi connectivity index (χ0v) is 14.7. The molecule has 6 heteroatoms. The molecule has 0 spiro atoms. The highest BCUT2D eigenvalue weighted by atomic mass is 32.1. The van der Waals surface area contributed by atoms with Gasteiger partial charge >= 0.3 is 5.63 Å². The van der Waals surface area contributed by atoms with Crippen LogP contribution < -0.4 is 5.63 Å². The lowest BCUT2D eigenvalue weighted by atomic mass is 10.1. The maximum absolute atomic E-state index is 12.3. The number of rotatable bonds is 3. The number of fused-ring (bicyclic) bond motifs is 1. The second kappa shape index (κ2) is 6.90. The van der Waals surface area contributed by atoms with Crippen molar-refractivity contribution in [1.82, 2.24) is 4.98 Å². The van der Waals surface area contributed by atoms with Gasteiger partial charge in [0.2, 0.25) is 0 Å². The molecule has 2 aromatic carbocycles. The Balaban J connectivity index is 1.76. The summed E-state index contributed by atoms with van der Waals surface area (Å²) in [6.45, 7) is 0. The Morgan fingerprint density at radius 2 is 2.04 bits per heavy atom. The van der Waals surface area contributed by atoms with E-state index in [-0.39, 0.29) is 5.75 Å². The van der Waals surface area contributed by atoms with Gasteiger partial charge in [0.1, 0.15) is 22.4 Å². The molecule has 27 heavy (non-hydrogen) atoms. The highest BCUT2D eigenvalue weighted by Gasteiger charge is 2.13. The molecule has 0 aliphatic carbocycles. The van der Waals surface area contributed by atoms with E-state index in [1.165, 1.54) is 11.3 Å². The van der Waals surface area contributed by atoms with Crippen molar-refractivity contribution in [3.8, 4) is 23.1 Å². The molecule has 2 heterocycles. The average molecular weight is 372 g/mol. The summed E-state index contributed by atoms with van der Waals surface area (Å²) in [4.78, 5) is 16.7. The van der Waals surface area contributed by atoms with E-state index < -0.39 is 5.63 Å². The summed E-state index contributed by atoms with van der Waals surface area (Å²) in [5.41, 5.74) is 1.90. The van der Waals surface area contributed by atoms with Gasteiger partial charge in [-0.05, 0) is 35.9 Å². The fourth-order valence-electron chi connectivity index (χ4n) is 2.68. The number of hydrogen-bond donors (Lipinski definition) is 1. The van der Waals surface area contributed by atoms with Crippen LogP contribution in [-0.2, 0) is 0 Å². The first-order valence-electron chi connectivity index (χ1n) is 8.04. The normalized spacial score (nSPS) is 11.4. The number of benzene rings is 2. The molecule has 0 aliphatic rings. The minimum atomic E-state index is -0.471. The summed E-state index contributed by atoms with van der Waals surface area (Å²) in [5.74, 6) is 0.120. The molecule has 1 N–H and O–H groups in total. The number of nitriles is 1. The molecule has 4 rings (SSSR count). The van der Waals surface area contributed by atoms with Crippen LogP contribution in [0.15, 0.2) is 69.2 Å². The second-order valence-corrected chi connectivity index (χ2v) is 6.65. The summed E-state index contributed by atoms with van der Waals surface area (Å²) in [6, 6.07) is 17.7. The summed E-state index contributed by atoms with van der Waals surface area (Å²) in [5, 5.41) is 22.1. The number of phenolic OH excluding ortho intramolecular Hbond substituents is 1. The molecule has 0 saturated carbocycles. The quantitative estimate of drug-likeness (QED) is 0.416. The predicted molar refractivity (Wildman–Crippen MR) is 105 cm³/mol. The standard InChI is InChI=1S/C21H12N2O3S/c22-11-15(8-13-4-3-6-16(24)9-13)20-23-18(12-27-20)17-10-14-5-1-2-7-19(14)26-21(17)25/h1-10,12,24H/b15-8+. The van der Waals surface area contributed by atoms with Crippen molar-refractivity contribution in [2.75, 3.05) is 0 Å². The van der Waals surface area contributed by atoms with E-state index in [9.17, 15) is 15.2 Å². The van der Waals surface area contributed by atoms with Crippen LogP contribution in [0.25, 0.3) is 33.9 Å². The van der Waals surface area contributed by atoms with E-state index in [4.69, 9.17) is 4.42 Å². The summed E-state index contributed by atoms with van der Waals surface area (Å²) in [7, 11) is 0. The molecule has 0 unspecified atom stereocenters. The topological polar surface area (TPSA) is 87.1 Å². The van der Waals surface area contributed by atoms with Crippen LogP contribution in [0.5, 0.6) is 5.75 Å². The first-order chi connectivity index (χ1) is 13.1. The zero-order valence-electron chi connectivity index (χ0n) is 13.9. The minimum absolute atomic E-state index is 0.120. The van der Waals surface area contributed by atoms with Gasteiger partial charge in [-0.3, -0.25) is 0 Å². The summed E-state index contributed by atoms with van der Waals surface area (Å²) in [6.07, 6.45) is 1.64. The first kappa shape index (κ1) is 16.8. The fourth-order valence-corrected chi connectivity index (χ4v) is 3.47. The van der Waals surface area contributed by atoms with E-state index in [0.717, 1.165) is 5.39 Å². The molecular formula is C21H12N2O3S. The van der Waals surface area contributed by atoms with Gasteiger partial charge in [-0.1, -0.05) is 30.3 Å². The molecule has 0 saturated heterocycles. The third-order valence-corrected chi connectivity index (χ3v) is 4.83. The molecule has 0 amide bonds. The van der Waals surface area contributed by atoms with E-state index in [0.29, 0.717) is 33.0 Å². The lowest BCUT2D eigenvalue weighted by molar-refractivity contribution is 0.475. The number of aromatic nitrogens is 1. The van der Waals surface area contributed by atoms with E-state index in [1.807, 2.05) is 12.1 Å². The summed E-state index contributed by atoms with van der Waals surface area (Å²) >= 11 is 1.27. The number of aromatic hydroxyl groups is 1. The molecule has 0 atom stereocenters. The maximum Gasteiger partial charge on any atom is 0.345 e. The monoisotopic (exact) mass is 372 g/mol. The van der Waals surface area contributed by atoms with Gasteiger partial charge in [0.15, 0.2) is 0 Å². The molecule has 5 nitrogen and oxygen atoms in total. The number of allylic oxidation sites excluding steroid dienone is 1. The lowest BCUT2D eigenvalue weighted by Crippen LogP contribution is -2.02. The highest BCUT2D eigenvalue weighted by molar-refractivity contribution is 7.11. The van der Waals surface area contributed by atoms with Gasteiger partial charge in [0.05, 0.1) is 16.8 Å². The Kier molecular flexibility index (Phi) is 4.29. The van der Waals surface area contributed by atoms with Crippen molar-refractivity contribution >= 4 is 34.0 Å². The van der Waals surface area contributed by atoms with Crippen LogP contribution in [-0.4, -0.2) is 10.1 Å². The van der Waals surface area contributed by atoms with Gasteiger partial charge in [-0.15, -0.1) is 11.3 Å². The van der Waals surface area contributed by atoms with Gasteiger partial charge in [0, 0.05) is 10.8 Å². The molecular weight excluding hydrogens is 360 g/mol. The third-order valence-electron chi connectivity index (χ3n) is 3.95. The number of hydrogen-bond acceptors (Lipinski definition) is 6. The molecule has 0 aliphatic heterocycles. The number of thiazole rings is 1. The molecule has 0 radical (unpaired) electrons. The van der Waals surface area contributed by atoms with E-state index >= 15 is 0 Å². The van der Waals surface area contributed by atoms with Crippen LogP contribution in [0.2, 0.25) is 0 Å². The SMILES string of the molecule is N#C/C(=C\c1cccc(O)c1)c1nc(-c2cc3ccccc3oc2=O)cs1. The largest absolute Gasteiger partial charge is 0.508 e. The summed E-state index contributed by atoms with van der Waals surface area (Å²) < 4.78 is 5.35. The van der Waals surface area contributed by atoms with Crippen LogP contribution in [0.3, 0.4) is 0 Å². The zero-order chi connectivity index (χ0) is 18.8. The van der Waals surface area contributed by atoms with Crippen LogP contribution in [0.4, 0.5) is 0 Å². The Morgan fingerprint density at radius 3 is 2.85 bits per heavy atom. The Hall–Kier alpha value is -3.69. The van der Waals surface area contributed by atoms with Crippen LogP contribution >= 0.6 is 11.3 Å². The first-order valence-corrected chi connectivity index (χ1v) is 8.92. The Bertz CT molecular complexity index is 1280. The smallest absolute Gasteiger partial charge is 0.345 e. The van der Waals surface area contributed by atoms with Crippen molar-refractivity contribution in [2.45, 2.75) is 0 Å². The predicted octanol–water partition coefficient (Wildman–Crippen LogP) is 4.69. The van der Waals surface area contributed by atoms with Gasteiger partial charge in [-0.2, -0.15) is 5.26 Å². The van der Waals surface area contributed by atoms with E-state index in [2.05, 4.69) is 11.1 Å². The van der Waals surface area contributed by atoms with Crippen LogP contribution in [0, 0.1) is 11.3 Å². The number of para-hydroxylation sites is 1. The van der Waals surface area contributed by atoms with Crippen molar-refractivity contribution in [1.29, 1.82) is 5.26 Å². The number of nitrogens with zero attached hydrogens (tertiary/aromatic N) is 2. The second-order valence-electron chi connectivity index (χ2n) is 5.79. The van der Waals surface area contributed by atoms with Crippen molar-refractivity contribution < 1.29 is 9.52 Å². The van der Waals surface area contributed by atoms with E-state index in [1.54, 1.807) is 53.9 Å². The maximum atomic E-state index is 12.3. The number of phenols is 1. The molecule has 0 fully saturated rings. The fraction of sp³-hybridized carbons (Fsp3) is 0. The average Bonchev–Trinajstić information content (AvgIpc) is 3.15. The van der Waals surface area contributed by atoms with Gasteiger partial charge in [-0.25, -0.2) is 9.78 Å². The van der Waals surface area contributed by atoms with Gasteiger partial charge in [0.25, 0.3) is 0 Å². The molecule has 0 bridgehead atoms. The molecule has 4 aromatic rings. The third kappa shape index (κ3) is 3.36. The lowest BCUT2D eigenvalue weighted by Gasteiger charge is -1.99. The van der Waals surface area contributed by atoms with Crippen molar-refractivity contribution in [3.05, 3.63) is 81.0 Å². The van der Waals surface area contributed by atoms with Crippen molar-refractivity contribution in [2.24, 2.45) is 0 Å². The van der Waals surface area contributed by atoms with Crippen LogP contribution in [0.1, 0.15) is 10.6 Å². The molecule has 130 valence electrons. The van der Waals surface area contributed by atoms with Gasteiger partial charge < -0.3 is 9.52 Å².